The van der Waals surface area contributed by atoms with Crippen molar-refractivity contribution >= 4 is 58.7 Å². The molecule has 0 aliphatic carbocycles. The van der Waals surface area contributed by atoms with Gasteiger partial charge in [-0.2, -0.15) is 0 Å². The summed E-state index contributed by atoms with van der Waals surface area (Å²) in [7, 11) is 0. The minimum absolute atomic E-state index is 0.173. The van der Waals surface area contributed by atoms with E-state index in [1.54, 1.807) is 30.3 Å². The van der Waals surface area contributed by atoms with Crippen molar-refractivity contribution in [3.63, 3.8) is 0 Å². The first-order valence-corrected chi connectivity index (χ1v) is 8.93. The average molecular weight is 434 g/mol. The van der Waals surface area contributed by atoms with Gasteiger partial charge in [0.15, 0.2) is 6.61 Å². The van der Waals surface area contributed by atoms with Gasteiger partial charge in [-0.15, -0.1) is 0 Å². The second-order valence-electron chi connectivity index (χ2n) is 5.83. The van der Waals surface area contributed by atoms with Gasteiger partial charge < -0.3 is 10.1 Å². The molecule has 0 unspecified atom stereocenters. The first kappa shape index (κ1) is 20.4. The molecule has 0 radical (unpaired) electrons. The number of carbonyl (C=O) groups is 4. The minimum Gasteiger partial charge on any atom is -0.482 e. The first-order valence-electron chi connectivity index (χ1n) is 8.18. The summed E-state index contributed by atoms with van der Waals surface area (Å²) in [6, 6.07) is 10.2. The molecular formula is C19H13Cl2N3O5. The summed E-state index contributed by atoms with van der Waals surface area (Å²) in [5.41, 5.74) is 0.762. The molecule has 0 spiro atoms. The van der Waals surface area contributed by atoms with Crippen LogP contribution in [0, 0.1) is 0 Å². The van der Waals surface area contributed by atoms with Crippen LogP contribution in [-0.4, -0.2) is 30.4 Å². The second kappa shape index (κ2) is 8.76. The molecule has 2 aromatic carbocycles. The molecule has 3 rings (SSSR count). The molecule has 29 heavy (non-hydrogen) atoms. The lowest BCUT2D eigenvalue weighted by atomic mass is 10.1. The summed E-state index contributed by atoms with van der Waals surface area (Å²) in [4.78, 5) is 46.5. The third kappa shape index (κ3) is 5.34. The molecule has 8 nitrogen and oxygen atoms in total. The Morgan fingerprint density at radius 1 is 1.00 bits per heavy atom. The second-order valence-corrected chi connectivity index (χ2v) is 6.67. The molecule has 0 atom stereocenters. The molecule has 1 heterocycles. The predicted octanol–water partition coefficient (Wildman–Crippen LogP) is 2.76. The zero-order valence-corrected chi connectivity index (χ0v) is 16.1. The third-order valence-corrected chi connectivity index (χ3v) is 4.24. The fraction of sp³-hybridized carbons (Fsp3) is 0.0526. The van der Waals surface area contributed by atoms with Crippen LogP contribution in [0.4, 0.5) is 10.5 Å². The minimum atomic E-state index is -0.879. The van der Waals surface area contributed by atoms with Crippen molar-refractivity contribution in [2.24, 2.45) is 0 Å². The van der Waals surface area contributed by atoms with Gasteiger partial charge in [-0.3, -0.25) is 25.0 Å². The van der Waals surface area contributed by atoms with Gasteiger partial charge in [-0.25, -0.2) is 4.79 Å². The number of urea groups is 1. The number of imide groups is 2. The molecule has 1 saturated heterocycles. The molecule has 3 N–H and O–H groups in total. The van der Waals surface area contributed by atoms with Gasteiger partial charge in [-0.05, 0) is 48.0 Å². The van der Waals surface area contributed by atoms with Crippen molar-refractivity contribution in [2.75, 3.05) is 11.9 Å². The van der Waals surface area contributed by atoms with Crippen LogP contribution in [0.2, 0.25) is 10.0 Å². The van der Waals surface area contributed by atoms with E-state index < -0.39 is 23.8 Å². The van der Waals surface area contributed by atoms with Gasteiger partial charge in [0.2, 0.25) is 0 Å². The van der Waals surface area contributed by atoms with Crippen LogP contribution < -0.4 is 20.7 Å². The van der Waals surface area contributed by atoms with E-state index in [0.29, 0.717) is 16.3 Å². The summed E-state index contributed by atoms with van der Waals surface area (Å²) in [5, 5.41) is 7.32. The number of anilines is 1. The maximum absolute atomic E-state index is 12.0. The van der Waals surface area contributed by atoms with E-state index in [0.717, 1.165) is 0 Å². The highest BCUT2D eigenvalue weighted by atomic mass is 35.5. The van der Waals surface area contributed by atoms with Crippen LogP contribution >= 0.6 is 23.2 Å². The van der Waals surface area contributed by atoms with Crippen LogP contribution in [0.25, 0.3) is 6.08 Å². The Labute approximate surface area is 174 Å². The molecule has 10 heteroatoms. The van der Waals surface area contributed by atoms with Gasteiger partial charge in [0.05, 0.1) is 5.02 Å². The van der Waals surface area contributed by atoms with E-state index in [4.69, 9.17) is 27.9 Å². The largest absolute Gasteiger partial charge is 0.482 e. The Morgan fingerprint density at radius 3 is 2.28 bits per heavy atom. The molecule has 0 bridgehead atoms. The van der Waals surface area contributed by atoms with E-state index >= 15 is 0 Å². The lowest BCUT2D eigenvalue weighted by Gasteiger charge is -2.14. The lowest BCUT2D eigenvalue weighted by molar-refractivity contribution is -0.124. The zero-order valence-electron chi connectivity index (χ0n) is 14.6. The summed E-state index contributed by atoms with van der Waals surface area (Å²) in [6.45, 7) is -0.282. The van der Waals surface area contributed by atoms with E-state index in [1.165, 1.54) is 18.2 Å². The molecule has 5 amide bonds. The fourth-order valence-corrected chi connectivity index (χ4v) is 2.74. The average Bonchev–Trinajstić information content (AvgIpc) is 2.66. The molecule has 1 fully saturated rings. The van der Waals surface area contributed by atoms with Gasteiger partial charge in [-0.1, -0.05) is 29.3 Å². The van der Waals surface area contributed by atoms with Crippen molar-refractivity contribution < 1.29 is 23.9 Å². The quantitative estimate of drug-likeness (QED) is 0.495. The molecule has 0 saturated carbocycles. The van der Waals surface area contributed by atoms with E-state index in [-0.39, 0.29) is 23.0 Å². The number of hydrogen-bond acceptors (Lipinski definition) is 5. The molecule has 0 aromatic heterocycles. The van der Waals surface area contributed by atoms with E-state index in [1.807, 2.05) is 10.6 Å². The summed E-state index contributed by atoms with van der Waals surface area (Å²) in [6.07, 6.45) is 1.28. The van der Waals surface area contributed by atoms with Crippen LogP contribution in [-0.2, 0) is 14.4 Å². The summed E-state index contributed by atoms with van der Waals surface area (Å²) < 4.78 is 5.40. The van der Waals surface area contributed by atoms with Crippen LogP contribution in [0.5, 0.6) is 5.75 Å². The van der Waals surface area contributed by atoms with Crippen LogP contribution in [0.1, 0.15) is 5.56 Å². The number of amides is 5. The highest BCUT2D eigenvalue weighted by Crippen LogP contribution is 2.26. The number of barbiturate groups is 1. The topological polar surface area (TPSA) is 114 Å². The van der Waals surface area contributed by atoms with Crippen LogP contribution in [0.15, 0.2) is 48.0 Å². The van der Waals surface area contributed by atoms with E-state index in [9.17, 15) is 19.2 Å². The molecule has 2 aromatic rings. The number of rotatable bonds is 5. The Kier molecular flexibility index (Phi) is 6.16. The fourth-order valence-electron chi connectivity index (χ4n) is 2.37. The number of carbonyl (C=O) groups excluding carboxylic acids is 4. The molecule has 148 valence electrons. The maximum atomic E-state index is 12.0. The van der Waals surface area contributed by atoms with Crippen molar-refractivity contribution in [3.8, 4) is 5.75 Å². The highest BCUT2D eigenvalue weighted by molar-refractivity contribution is 6.33. The van der Waals surface area contributed by atoms with Crippen molar-refractivity contribution in [1.29, 1.82) is 0 Å². The van der Waals surface area contributed by atoms with E-state index in [2.05, 4.69) is 5.32 Å². The SMILES string of the molecule is O=C(COc1ccc(C=C2C(=O)NC(=O)NC2=O)cc1Cl)Nc1ccc(Cl)cc1. The van der Waals surface area contributed by atoms with Gasteiger partial charge in [0, 0.05) is 10.7 Å². The number of halogens is 2. The number of benzene rings is 2. The normalized spacial score (nSPS) is 13.4. The highest BCUT2D eigenvalue weighted by Gasteiger charge is 2.27. The molecular weight excluding hydrogens is 421 g/mol. The van der Waals surface area contributed by atoms with Gasteiger partial charge >= 0.3 is 6.03 Å². The standard InChI is InChI=1S/C19H13Cl2N3O5/c20-11-2-4-12(5-3-11)22-16(25)9-29-15-6-1-10(8-14(15)21)7-13-17(26)23-19(28)24-18(13)27/h1-8H,9H2,(H,22,25)(H2,23,24,26,27,28). The third-order valence-electron chi connectivity index (χ3n) is 3.70. The first-order chi connectivity index (χ1) is 13.8. The number of nitrogens with one attached hydrogen (secondary N) is 3. The molecule has 1 aliphatic rings. The van der Waals surface area contributed by atoms with Crippen molar-refractivity contribution in [2.45, 2.75) is 0 Å². The smallest absolute Gasteiger partial charge is 0.328 e. The van der Waals surface area contributed by atoms with Crippen molar-refractivity contribution in [3.05, 3.63) is 63.6 Å². The Bertz CT molecular complexity index is 1010. The maximum Gasteiger partial charge on any atom is 0.328 e. The number of ether oxygens (including phenoxy) is 1. The predicted molar refractivity (Wildman–Crippen MR) is 107 cm³/mol. The summed E-state index contributed by atoms with van der Waals surface area (Å²) >= 11 is 11.9. The van der Waals surface area contributed by atoms with Gasteiger partial charge in [0.1, 0.15) is 11.3 Å². The Balaban J connectivity index is 1.63. The Morgan fingerprint density at radius 2 is 1.66 bits per heavy atom. The van der Waals surface area contributed by atoms with Crippen molar-refractivity contribution in [1.82, 2.24) is 10.6 Å². The Hall–Kier alpha value is -3.36. The molecule has 1 aliphatic heterocycles. The monoisotopic (exact) mass is 433 g/mol. The van der Waals surface area contributed by atoms with Crippen LogP contribution in [0.3, 0.4) is 0 Å². The summed E-state index contributed by atoms with van der Waals surface area (Å²) in [5.74, 6) is -1.77. The number of hydrogen-bond donors (Lipinski definition) is 3. The lowest BCUT2D eigenvalue weighted by Crippen LogP contribution is -2.51. The zero-order chi connectivity index (χ0) is 21.0. The van der Waals surface area contributed by atoms with Gasteiger partial charge in [0.25, 0.3) is 17.7 Å².